The summed E-state index contributed by atoms with van der Waals surface area (Å²) in [4.78, 5) is 29.3. The van der Waals surface area contributed by atoms with Crippen LogP contribution in [-0.4, -0.2) is 25.8 Å². The summed E-state index contributed by atoms with van der Waals surface area (Å²) in [6.07, 6.45) is 0. The fourth-order valence-corrected chi connectivity index (χ4v) is 2.51. The van der Waals surface area contributed by atoms with Crippen molar-refractivity contribution in [1.29, 1.82) is 0 Å². The highest BCUT2D eigenvalue weighted by Crippen LogP contribution is 2.14. The van der Waals surface area contributed by atoms with Crippen LogP contribution < -0.4 is 16.0 Å². The van der Waals surface area contributed by atoms with E-state index in [-0.39, 0.29) is 12.1 Å². The molecule has 0 amide bonds. The van der Waals surface area contributed by atoms with Crippen LogP contribution in [-0.2, 0) is 20.6 Å². The van der Waals surface area contributed by atoms with Gasteiger partial charge in [0, 0.05) is 14.1 Å². The predicted molar refractivity (Wildman–Crippen MR) is 82.3 cm³/mol. The molecular formula is C15H16N4O3. The van der Waals surface area contributed by atoms with Gasteiger partial charge in [0.2, 0.25) is 0 Å². The second kappa shape index (κ2) is 5.18. The van der Waals surface area contributed by atoms with Crippen LogP contribution in [0.15, 0.2) is 39.9 Å². The fraction of sp³-hybridized carbons (Fsp3) is 0.267. The van der Waals surface area contributed by atoms with Crippen LogP contribution in [0.4, 0.5) is 0 Å². The molecule has 7 nitrogen and oxygen atoms in total. The van der Waals surface area contributed by atoms with Crippen molar-refractivity contribution in [2.24, 2.45) is 14.1 Å². The minimum absolute atomic E-state index is 0.218. The van der Waals surface area contributed by atoms with Crippen LogP contribution >= 0.6 is 0 Å². The maximum atomic E-state index is 12.7. The van der Waals surface area contributed by atoms with E-state index in [0.29, 0.717) is 17.2 Å². The second-order valence-electron chi connectivity index (χ2n) is 5.05. The maximum absolute atomic E-state index is 12.7. The fourth-order valence-electron chi connectivity index (χ4n) is 2.51. The van der Waals surface area contributed by atoms with Gasteiger partial charge in [-0.3, -0.25) is 18.5 Å². The first kappa shape index (κ1) is 14.1. The SMILES string of the molecule is COc1nc2c(c(=O)n(Cc3ccccc3)c(=O)n2C)n1C. The van der Waals surface area contributed by atoms with Crippen LogP contribution in [0.25, 0.3) is 11.2 Å². The Morgan fingerprint density at radius 2 is 1.77 bits per heavy atom. The normalized spacial score (nSPS) is 11.0. The zero-order valence-electron chi connectivity index (χ0n) is 12.6. The Kier molecular flexibility index (Phi) is 3.32. The van der Waals surface area contributed by atoms with Crippen molar-refractivity contribution >= 4 is 11.2 Å². The molecule has 0 saturated carbocycles. The van der Waals surface area contributed by atoms with E-state index in [1.165, 1.54) is 16.2 Å². The molecule has 0 saturated heterocycles. The van der Waals surface area contributed by atoms with Gasteiger partial charge in [0.25, 0.3) is 11.6 Å². The number of imidazole rings is 1. The van der Waals surface area contributed by atoms with Gasteiger partial charge >= 0.3 is 5.69 Å². The summed E-state index contributed by atoms with van der Waals surface area (Å²) in [5, 5.41) is 0. The van der Waals surface area contributed by atoms with E-state index in [1.54, 1.807) is 18.7 Å². The third-order valence-electron chi connectivity index (χ3n) is 3.69. The van der Waals surface area contributed by atoms with E-state index in [2.05, 4.69) is 4.98 Å². The smallest absolute Gasteiger partial charge is 0.332 e. The number of ether oxygens (including phenoxy) is 1. The van der Waals surface area contributed by atoms with Gasteiger partial charge in [-0.25, -0.2) is 4.79 Å². The van der Waals surface area contributed by atoms with E-state index in [1.807, 2.05) is 30.3 Å². The number of fused-ring (bicyclic) bond motifs is 1. The summed E-state index contributed by atoms with van der Waals surface area (Å²) >= 11 is 0. The molecule has 3 rings (SSSR count). The summed E-state index contributed by atoms with van der Waals surface area (Å²) in [6, 6.07) is 9.67. The van der Waals surface area contributed by atoms with Crippen LogP contribution in [0.1, 0.15) is 5.56 Å². The van der Waals surface area contributed by atoms with Crippen molar-refractivity contribution in [2.75, 3.05) is 7.11 Å². The molecule has 22 heavy (non-hydrogen) atoms. The lowest BCUT2D eigenvalue weighted by molar-refractivity contribution is 0.368. The molecule has 114 valence electrons. The monoisotopic (exact) mass is 300 g/mol. The minimum Gasteiger partial charge on any atom is -0.468 e. The maximum Gasteiger partial charge on any atom is 0.332 e. The molecule has 0 aliphatic carbocycles. The number of hydrogen-bond donors (Lipinski definition) is 0. The van der Waals surface area contributed by atoms with Gasteiger partial charge in [-0.2, -0.15) is 4.98 Å². The van der Waals surface area contributed by atoms with E-state index in [4.69, 9.17) is 4.74 Å². The Labute approximate surface area is 126 Å². The molecule has 0 radical (unpaired) electrons. The van der Waals surface area contributed by atoms with Gasteiger partial charge in [0.05, 0.1) is 13.7 Å². The second-order valence-corrected chi connectivity index (χ2v) is 5.05. The molecule has 1 aromatic carbocycles. The van der Waals surface area contributed by atoms with Gasteiger partial charge in [0.1, 0.15) is 0 Å². The number of methoxy groups -OCH3 is 1. The largest absolute Gasteiger partial charge is 0.468 e. The molecule has 0 unspecified atom stereocenters. The molecule has 7 heteroatoms. The molecule has 0 fully saturated rings. The number of aryl methyl sites for hydroxylation is 2. The average Bonchev–Trinajstić information content (AvgIpc) is 2.87. The first-order valence-corrected chi connectivity index (χ1v) is 6.78. The summed E-state index contributed by atoms with van der Waals surface area (Å²) in [5.74, 6) is 0. The number of rotatable bonds is 3. The van der Waals surface area contributed by atoms with E-state index >= 15 is 0 Å². The topological polar surface area (TPSA) is 71.1 Å². The number of aromatic nitrogens is 4. The van der Waals surface area contributed by atoms with Crippen LogP contribution in [0.2, 0.25) is 0 Å². The number of benzene rings is 1. The van der Waals surface area contributed by atoms with E-state index in [0.717, 1.165) is 5.56 Å². The molecular weight excluding hydrogens is 284 g/mol. The molecule has 0 spiro atoms. The number of hydrogen-bond acceptors (Lipinski definition) is 4. The lowest BCUT2D eigenvalue weighted by atomic mass is 10.2. The van der Waals surface area contributed by atoms with Crippen molar-refractivity contribution < 1.29 is 4.74 Å². The van der Waals surface area contributed by atoms with Crippen LogP contribution in [0, 0.1) is 0 Å². The molecule has 3 aromatic rings. The average molecular weight is 300 g/mol. The van der Waals surface area contributed by atoms with Crippen molar-refractivity contribution in [1.82, 2.24) is 18.7 Å². The first-order valence-electron chi connectivity index (χ1n) is 6.78. The van der Waals surface area contributed by atoms with Crippen molar-refractivity contribution in [2.45, 2.75) is 6.54 Å². The van der Waals surface area contributed by atoms with E-state index in [9.17, 15) is 9.59 Å². The van der Waals surface area contributed by atoms with E-state index < -0.39 is 5.69 Å². The summed E-state index contributed by atoms with van der Waals surface area (Å²) in [6.45, 7) is 0.218. The third kappa shape index (κ3) is 2.02. The predicted octanol–water partition coefficient (Wildman–Crippen LogP) is 0.491. The highest BCUT2D eigenvalue weighted by Gasteiger charge is 2.18. The third-order valence-corrected chi connectivity index (χ3v) is 3.69. The Morgan fingerprint density at radius 3 is 2.41 bits per heavy atom. The van der Waals surface area contributed by atoms with Crippen LogP contribution in [0.5, 0.6) is 6.01 Å². The van der Waals surface area contributed by atoms with Crippen LogP contribution in [0.3, 0.4) is 0 Å². The lowest BCUT2D eigenvalue weighted by Crippen LogP contribution is -2.39. The zero-order chi connectivity index (χ0) is 15.9. The van der Waals surface area contributed by atoms with Gasteiger partial charge < -0.3 is 4.74 Å². The Hall–Kier alpha value is -2.83. The molecule has 2 aromatic heterocycles. The van der Waals surface area contributed by atoms with Crippen molar-refractivity contribution in [3.8, 4) is 6.01 Å². The molecule has 0 aliphatic heterocycles. The van der Waals surface area contributed by atoms with Crippen molar-refractivity contribution in [3.05, 3.63) is 56.7 Å². The first-order chi connectivity index (χ1) is 10.5. The van der Waals surface area contributed by atoms with Gasteiger partial charge in [-0.05, 0) is 5.56 Å². The summed E-state index contributed by atoms with van der Waals surface area (Å²) < 4.78 is 9.25. The van der Waals surface area contributed by atoms with Gasteiger partial charge in [-0.1, -0.05) is 30.3 Å². The standard InChI is InChI=1S/C15H16N4O3/c1-17-11-12(16-14(17)22-3)18(2)15(21)19(13(11)20)9-10-7-5-4-6-8-10/h4-8H,9H2,1-3H3. The summed E-state index contributed by atoms with van der Waals surface area (Å²) in [7, 11) is 4.76. The Balaban J connectivity index is 2.30. The zero-order valence-corrected chi connectivity index (χ0v) is 12.6. The molecule has 0 atom stereocenters. The lowest BCUT2D eigenvalue weighted by Gasteiger charge is -2.08. The quantitative estimate of drug-likeness (QED) is 0.706. The van der Waals surface area contributed by atoms with Crippen molar-refractivity contribution in [3.63, 3.8) is 0 Å². The number of nitrogens with zero attached hydrogens (tertiary/aromatic N) is 4. The Morgan fingerprint density at radius 1 is 1.09 bits per heavy atom. The highest BCUT2D eigenvalue weighted by atomic mass is 16.5. The molecule has 2 heterocycles. The van der Waals surface area contributed by atoms with Gasteiger partial charge in [0.15, 0.2) is 11.2 Å². The minimum atomic E-state index is -0.401. The molecule has 0 bridgehead atoms. The Bertz CT molecular complexity index is 951. The molecule has 0 aliphatic rings. The summed E-state index contributed by atoms with van der Waals surface area (Å²) in [5.41, 5.74) is 0.770. The molecule has 0 N–H and O–H groups in total. The van der Waals surface area contributed by atoms with Gasteiger partial charge in [-0.15, -0.1) is 0 Å². The highest BCUT2D eigenvalue weighted by molar-refractivity contribution is 5.71.